The summed E-state index contributed by atoms with van der Waals surface area (Å²) in [6.45, 7) is 6.50. The van der Waals surface area contributed by atoms with Gasteiger partial charge in [-0.3, -0.25) is 9.59 Å². The van der Waals surface area contributed by atoms with Crippen molar-refractivity contribution in [3.8, 4) is 0 Å². The number of anilines is 2. The average molecular weight is 498 g/mol. The number of ether oxygens (including phenoxy) is 2. The van der Waals surface area contributed by atoms with E-state index in [2.05, 4.69) is 0 Å². The van der Waals surface area contributed by atoms with Gasteiger partial charge in [-0.1, -0.05) is 42.8 Å². The van der Waals surface area contributed by atoms with Gasteiger partial charge in [-0.05, 0) is 61.4 Å². The molecule has 0 bridgehead atoms. The molecule has 0 N–H and O–H groups in total. The van der Waals surface area contributed by atoms with Crippen LogP contribution in [-0.2, 0) is 14.3 Å². The van der Waals surface area contributed by atoms with Crippen LogP contribution in [0.15, 0.2) is 60.7 Å². The zero-order valence-electron chi connectivity index (χ0n) is 19.8. The van der Waals surface area contributed by atoms with Crippen molar-refractivity contribution in [2.24, 2.45) is 0 Å². The molecule has 8 heteroatoms. The molecule has 0 fully saturated rings. The van der Waals surface area contributed by atoms with Crippen molar-refractivity contribution in [1.29, 1.82) is 0 Å². The number of hydrogen-bond donors (Lipinski definition) is 0. The summed E-state index contributed by atoms with van der Waals surface area (Å²) < 4.78 is 24.1. The second-order valence-corrected chi connectivity index (χ2v) is 8.28. The molecule has 35 heavy (non-hydrogen) atoms. The van der Waals surface area contributed by atoms with Gasteiger partial charge in [0.1, 0.15) is 5.82 Å². The van der Waals surface area contributed by atoms with Crippen LogP contribution in [0.5, 0.6) is 0 Å². The maximum absolute atomic E-state index is 13.8. The first kappa shape index (κ1) is 25.9. The lowest BCUT2D eigenvalue weighted by Crippen LogP contribution is -2.32. The van der Waals surface area contributed by atoms with E-state index in [1.165, 1.54) is 42.2 Å². The van der Waals surface area contributed by atoms with E-state index in [0.717, 1.165) is 5.56 Å². The molecule has 0 aliphatic rings. The second-order valence-electron chi connectivity index (χ2n) is 7.87. The van der Waals surface area contributed by atoms with E-state index in [1.807, 2.05) is 19.1 Å². The Morgan fingerprint density at radius 1 is 0.943 bits per heavy atom. The number of rotatable bonds is 7. The minimum Gasteiger partial charge on any atom is -0.425 e. The van der Waals surface area contributed by atoms with Gasteiger partial charge in [-0.25, -0.2) is 14.1 Å². The van der Waals surface area contributed by atoms with Crippen LogP contribution in [0.4, 0.5) is 20.6 Å². The van der Waals surface area contributed by atoms with Gasteiger partial charge in [0.05, 0.1) is 16.4 Å². The summed E-state index contributed by atoms with van der Waals surface area (Å²) in [5.74, 6) is -1.26. The van der Waals surface area contributed by atoms with Crippen LogP contribution in [0.1, 0.15) is 47.3 Å². The Labute approximate surface area is 208 Å². The quantitative estimate of drug-likeness (QED) is 0.201. The summed E-state index contributed by atoms with van der Waals surface area (Å²) in [7, 11) is 0. The molecule has 3 rings (SSSR count). The molecule has 3 aromatic carbocycles. The van der Waals surface area contributed by atoms with Gasteiger partial charge in [0.15, 0.2) is 5.78 Å². The van der Waals surface area contributed by atoms with Gasteiger partial charge in [-0.2, -0.15) is 0 Å². The van der Waals surface area contributed by atoms with Crippen LogP contribution in [-0.4, -0.2) is 24.1 Å². The Morgan fingerprint density at radius 2 is 1.66 bits per heavy atom. The van der Waals surface area contributed by atoms with Gasteiger partial charge in [0.25, 0.3) is 0 Å². The second kappa shape index (κ2) is 11.1. The van der Waals surface area contributed by atoms with Gasteiger partial charge in [0, 0.05) is 24.5 Å². The number of halogens is 2. The Kier molecular flexibility index (Phi) is 8.25. The lowest BCUT2D eigenvalue weighted by atomic mass is 9.99. The number of nitrogens with zero attached hydrogens (tertiary/aromatic N) is 1. The Morgan fingerprint density at radius 3 is 2.29 bits per heavy atom. The predicted octanol–water partition coefficient (Wildman–Crippen LogP) is 6.90. The topological polar surface area (TPSA) is 72.9 Å². The fraction of sp³-hybridized carbons (Fsp3) is 0.222. The van der Waals surface area contributed by atoms with Crippen molar-refractivity contribution in [3.63, 3.8) is 0 Å². The minimum absolute atomic E-state index is 0.120. The van der Waals surface area contributed by atoms with Crippen molar-refractivity contribution < 1.29 is 28.2 Å². The van der Waals surface area contributed by atoms with Crippen molar-refractivity contribution in [2.45, 2.75) is 40.4 Å². The van der Waals surface area contributed by atoms with Crippen LogP contribution >= 0.6 is 11.6 Å². The maximum Gasteiger partial charge on any atom is 0.422 e. The highest BCUT2D eigenvalue weighted by molar-refractivity contribution is 6.35. The zero-order valence-corrected chi connectivity index (χ0v) is 20.6. The van der Waals surface area contributed by atoms with E-state index in [0.29, 0.717) is 16.8 Å². The number of benzene rings is 3. The van der Waals surface area contributed by atoms with Gasteiger partial charge < -0.3 is 9.47 Å². The number of hydrogen-bond acceptors (Lipinski definition) is 5. The molecular formula is C27H25ClFNO5. The number of amides is 1. The number of aryl methyl sites for hydroxylation is 2. The molecule has 1 unspecified atom stereocenters. The standard InChI is InChI=1S/C27H25ClFNO5/c1-5-25(31)34-18(4)35-27(33)30(24-13-10-19(29)14-17(24)3)20-11-12-22(23(28)15-20)26(32)21-9-7-6-8-16(21)2/h6-15,18H,5H2,1-4H3. The fourth-order valence-corrected chi connectivity index (χ4v) is 3.76. The SMILES string of the molecule is CCC(=O)OC(C)OC(=O)N(c1ccc(C(=O)c2ccccc2C)c(Cl)c1)c1ccc(F)cc1C. The van der Waals surface area contributed by atoms with Crippen LogP contribution in [0.3, 0.4) is 0 Å². The molecule has 3 aromatic rings. The molecule has 1 amide bonds. The number of carbonyl (C=O) groups excluding carboxylic acids is 3. The summed E-state index contributed by atoms with van der Waals surface area (Å²) in [6, 6.07) is 15.6. The van der Waals surface area contributed by atoms with Crippen LogP contribution in [0.2, 0.25) is 5.02 Å². The highest BCUT2D eigenvalue weighted by Gasteiger charge is 2.26. The summed E-state index contributed by atoms with van der Waals surface area (Å²) in [5, 5.41) is 0.124. The molecule has 0 saturated carbocycles. The Bertz CT molecular complexity index is 1280. The van der Waals surface area contributed by atoms with E-state index in [4.69, 9.17) is 21.1 Å². The third-order valence-electron chi connectivity index (χ3n) is 5.28. The molecular weight excluding hydrogens is 473 g/mol. The van der Waals surface area contributed by atoms with E-state index < -0.39 is 24.2 Å². The van der Waals surface area contributed by atoms with Gasteiger partial charge in [-0.15, -0.1) is 0 Å². The number of carbonyl (C=O) groups is 3. The Hall–Kier alpha value is -3.71. The van der Waals surface area contributed by atoms with Crippen molar-refractivity contribution in [3.05, 3.63) is 93.8 Å². The first-order valence-corrected chi connectivity index (χ1v) is 11.4. The summed E-state index contributed by atoms with van der Waals surface area (Å²) >= 11 is 6.49. The van der Waals surface area contributed by atoms with E-state index in [9.17, 15) is 18.8 Å². The van der Waals surface area contributed by atoms with Crippen LogP contribution < -0.4 is 4.90 Å². The van der Waals surface area contributed by atoms with E-state index in [1.54, 1.807) is 32.0 Å². The summed E-state index contributed by atoms with van der Waals surface area (Å²) in [4.78, 5) is 39.0. The first-order valence-electron chi connectivity index (χ1n) is 11.0. The zero-order chi connectivity index (χ0) is 25.7. The van der Waals surface area contributed by atoms with Crippen molar-refractivity contribution in [1.82, 2.24) is 0 Å². The molecule has 0 heterocycles. The van der Waals surface area contributed by atoms with E-state index >= 15 is 0 Å². The molecule has 0 aliphatic carbocycles. The lowest BCUT2D eigenvalue weighted by Gasteiger charge is -2.26. The smallest absolute Gasteiger partial charge is 0.422 e. The van der Waals surface area contributed by atoms with Gasteiger partial charge in [0.2, 0.25) is 6.29 Å². The molecule has 0 aliphatic heterocycles. The summed E-state index contributed by atoms with van der Waals surface area (Å²) in [5.41, 5.74) is 2.65. The van der Waals surface area contributed by atoms with Crippen molar-refractivity contribution in [2.75, 3.05) is 4.90 Å². The maximum atomic E-state index is 13.8. The molecule has 0 radical (unpaired) electrons. The van der Waals surface area contributed by atoms with Crippen LogP contribution in [0, 0.1) is 19.7 Å². The fourth-order valence-electron chi connectivity index (χ4n) is 3.50. The predicted molar refractivity (Wildman–Crippen MR) is 132 cm³/mol. The average Bonchev–Trinajstić information content (AvgIpc) is 2.80. The number of esters is 1. The highest BCUT2D eigenvalue weighted by atomic mass is 35.5. The van der Waals surface area contributed by atoms with E-state index in [-0.39, 0.29) is 28.5 Å². The monoisotopic (exact) mass is 497 g/mol. The summed E-state index contributed by atoms with van der Waals surface area (Å²) in [6.07, 6.45) is -1.91. The largest absolute Gasteiger partial charge is 0.425 e. The number of ketones is 1. The lowest BCUT2D eigenvalue weighted by molar-refractivity contribution is -0.164. The third kappa shape index (κ3) is 6.05. The van der Waals surface area contributed by atoms with Crippen molar-refractivity contribution >= 4 is 40.8 Å². The molecule has 0 saturated heterocycles. The molecule has 6 nitrogen and oxygen atoms in total. The highest BCUT2D eigenvalue weighted by Crippen LogP contribution is 2.33. The third-order valence-corrected chi connectivity index (χ3v) is 5.59. The molecule has 0 spiro atoms. The molecule has 1 atom stereocenters. The molecule has 0 aromatic heterocycles. The van der Waals surface area contributed by atoms with Gasteiger partial charge >= 0.3 is 12.1 Å². The minimum atomic E-state index is -1.16. The Balaban J connectivity index is 2.01. The first-order chi connectivity index (χ1) is 16.6. The normalized spacial score (nSPS) is 11.5. The van der Waals surface area contributed by atoms with Crippen LogP contribution in [0.25, 0.3) is 0 Å². The molecule has 182 valence electrons.